The zero-order valence-corrected chi connectivity index (χ0v) is 24.0. The molecule has 2 N–H and O–H groups in total. The Labute approximate surface area is 221 Å². The van der Waals surface area contributed by atoms with E-state index in [0.717, 1.165) is 31.2 Å². The summed E-state index contributed by atoms with van der Waals surface area (Å²) in [6.07, 6.45) is 3.52. The summed E-state index contributed by atoms with van der Waals surface area (Å²) < 4.78 is 6.44. The fourth-order valence-corrected chi connectivity index (χ4v) is 4.23. The molecule has 2 aromatic carbocycles. The molecule has 0 aliphatic carbocycles. The van der Waals surface area contributed by atoms with E-state index in [1.165, 1.54) is 11.6 Å². The highest BCUT2D eigenvalue weighted by molar-refractivity contribution is 6.37. The second-order valence-electron chi connectivity index (χ2n) is 10.6. The SMILES string of the molecule is CCCCC(Oc1ccc(C(C)(C)CC)cc1C(C)(C)CC)C(=O)Nc1cc(Cl)c(C)c(Cl)c1O. The molecule has 35 heavy (non-hydrogen) atoms. The van der Waals surface area contributed by atoms with Crippen molar-refractivity contribution >= 4 is 34.8 Å². The molecule has 0 saturated heterocycles. The molecule has 6 heteroatoms. The van der Waals surface area contributed by atoms with Crippen molar-refractivity contribution in [2.75, 3.05) is 5.32 Å². The molecular weight excluding hydrogens is 481 g/mol. The Bertz CT molecular complexity index is 1050. The minimum atomic E-state index is -0.732. The van der Waals surface area contributed by atoms with Crippen LogP contribution in [-0.2, 0) is 15.6 Å². The Hall–Kier alpha value is -1.91. The lowest BCUT2D eigenvalue weighted by atomic mass is 9.76. The Balaban J connectivity index is 2.46. The van der Waals surface area contributed by atoms with Crippen molar-refractivity contribution in [3.8, 4) is 11.5 Å². The van der Waals surface area contributed by atoms with E-state index in [4.69, 9.17) is 27.9 Å². The summed E-state index contributed by atoms with van der Waals surface area (Å²) >= 11 is 12.4. The largest absolute Gasteiger partial charge is 0.504 e. The summed E-state index contributed by atoms with van der Waals surface area (Å²) in [6.45, 7) is 17.0. The van der Waals surface area contributed by atoms with Crippen LogP contribution in [0.3, 0.4) is 0 Å². The van der Waals surface area contributed by atoms with Gasteiger partial charge in [0.05, 0.1) is 10.7 Å². The summed E-state index contributed by atoms with van der Waals surface area (Å²) in [6, 6.07) is 7.86. The third-order valence-electron chi connectivity index (χ3n) is 7.32. The summed E-state index contributed by atoms with van der Waals surface area (Å²) in [5, 5.41) is 13.7. The number of carbonyl (C=O) groups excluding carboxylic acids is 1. The van der Waals surface area contributed by atoms with Crippen molar-refractivity contribution in [2.45, 2.75) is 104 Å². The lowest BCUT2D eigenvalue weighted by Gasteiger charge is -2.31. The number of benzene rings is 2. The van der Waals surface area contributed by atoms with Crippen molar-refractivity contribution in [2.24, 2.45) is 0 Å². The van der Waals surface area contributed by atoms with E-state index >= 15 is 0 Å². The number of hydrogen-bond acceptors (Lipinski definition) is 3. The summed E-state index contributed by atoms with van der Waals surface area (Å²) in [7, 11) is 0. The molecule has 0 heterocycles. The first-order valence-electron chi connectivity index (χ1n) is 12.6. The number of aromatic hydroxyl groups is 1. The Morgan fingerprint density at radius 1 is 1.06 bits per heavy atom. The van der Waals surface area contributed by atoms with Gasteiger partial charge in [-0.2, -0.15) is 0 Å². The number of ether oxygens (including phenoxy) is 1. The first kappa shape index (κ1) is 29.3. The Morgan fingerprint density at radius 3 is 2.26 bits per heavy atom. The molecule has 0 fully saturated rings. The van der Waals surface area contributed by atoms with Gasteiger partial charge in [-0.3, -0.25) is 4.79 Å². The zero-order chi connectivity index (χ0) is 26.6. The average Bonchev–Trinajstić information content (AvgIpc) is 2.83. The van der Waals surface area contributed by atoms with Crippen molar-refractivity contribution in [3.63, 3.8) is 0 Å². The highest BCUT2D eigenvalue weighted by atomic mass is 35.5. The first-order valence-corrected chi connectivity index (χ1v) is 13.3. The number of unbranched alkanes of at least 4 members (excludes halogenated alkanes) is 1. The molecule has 1 unspecified atom stereocenters. The molecule has 2 rings (SSSR count). The highest BCUT2D eigenvalue weighted by Gasteiger charge is 2.29. The van der Waals surface area contributed by atoms with Crippen LogP contribution in [-0.4, -0.2) is 17.1 Å². The number of halogens is 2. The van der Waals surface area contributed by atoms with Gasteiger partial charge in [-0.15, -0.1) is 0 Å². The molecule has 0 spiro atoms. The van der Waals surface area contributed by atoms with Crippen LogP contribution in [0.15, 0.2) is 24.3 Å². The van der Waals surface area contributed by atoms with Crippen LogP contribution in [0.5, 0.6) is 11.5 Å². The van der Waals surface area contributed by atoms with Crippen LogP contribution in [0.2, 0.25) is 10.0 Å². The standard InChI is InChI=1S/C29H41Cl2NO3/c1-9-12-13-24(27(34)32-22-17-21(30)18(4)25(31)26(22)33)35-23-15-14-19(28(5,6)10-2)16-20(23)29(7,8)11-3/h14-17,24,33H,9-13H2,1-8H3,(H,32,34). The lowest BCUT2D eigenvalue weighted by molar-refractivity contribution is -0.123. The van der Waals surface area contributed by atoms with Gasteiger partial charge < -0.3 is 15.2 Å². The minimum Gasteiger partial charge on any atom is -0.504 e. The number of amides is 1. The zero-order valence-electron chi connectivity index (χ0n) is 22.4. The van der Waals surface area contributed by atoms with Crippen LogP contribution in [0, 0.1) is 6.92 Å². The number of phenolic OH excluding ortho intramolecular Hbond substituents is 1. The first-order chi connectivity index (χ1) is 16.3. The average molecular weight is 523 g/mol. The van der Waals surface area contributed by atoms with Crippen molar-refractivity contribution in [3.05, 3.63) is 51.0 Å². The minimum absolute atomic E-state index is 0.0393. The highest BCUT2D eigenvalue weighted by Crippen LogP contribution is 2.40. The van der Waals surface area contributed by atoms with Crippen LogP contribution >= 0.6 is 23.2 Å². The molecule has 0 radical (unpaired) electrons. The van der Waals surface area contributed by atoms with Gasteiger partial charge in [0, 0.05) is 10.6 Å². The molecule has 0 bridgehead atoms. The molecule has 0 aromatic heterocycles. The Morgan fingerprint density at radius 2 is 1.69 bits per heavy atom. The van der Waals surface area contributed by atoms with Crippen LogP contribution in [0.25, 0.3) is 0 Å². The fourth-order valence-electron chi connectivity index (χ4n) is 3.78. The quantitative estimate of drug-likeness (QED) is 0.290. The third kappa shape index (κ3) is 6.86. The van der Waals surface area contributed by atoms with E-state index in [-0.39, 0.29) is 33.2 Å². The topological polar surface area (TPSA) is 58.6 Å². The number of phenols is 1. The maximum atomic E-state index is 13.4. The number of carbonyl (C=O) groups is 1. The molecule has 4 nitrogen and oxygen atoms in total. The van der Waals surface area contributed by atoms with E-state index in [1.807, 2.05) is 6.07 Å². The van der Waals surface area contributed by atoms with Crippen LogP contribution < -0.4 is 10.1 Å². The van der Waals surface area contributed by atoms with Gasteiger partial charge in [0.25, 0.3) is 5.91 Å². The Kier molecular flexibility index (Phi) is 9.96. The summed E-state index contributed by atoms with van der Waals surface area (Å²) in [5.74, 6) is 0.172. The van der Waals surface area contributed by atoms with Gasteiger partial charge in [-0.05, 0) is 66.7 Å². The van der Waals surface area contributed by atoms with Crippen LogP contribution in [0.4, 0.5) is 5.69 Å². The van der Waals surface area contributed by atoms with Gasteiger partial charge in [0.15, 0.2) is 11.9 Å². The molecule has 2 aromatic rings. The monoisotopic (exact) mass is 521 g/mol. The molecular formula is C29H41Cl2NO3. The van der Waals surface area contributed by atoms with Gasteiger partial charge >= 0.3 is 0 Å². The second-order valence-corrected chi connectivity index (χ2v) is 11.4. The lowest BCUT2D eigenvalue weighted by Crippen LogP contribution is -2.34. The predicted octanol–water partition coefficient (Wildman–Crippen LogP) is 8.96. The van der Waals surface area contributed by atoms with Gasteiger partial charge in [0.2, 0.25) is 0 Å². The van der Waals surface area contributed by atoms with E-state index in [2.05, 4.69) is 65.9 Å². The predicted molar refractivity (Wildman–Crippen MR) is 149 cm³/mol. The smallest absolute Gasteiger partial charge is 0.265 e. The van der Waals surface area contributed by atoms with E-state index in [1.54, 1.807) is 6.92 Å². The van der Waals surface area contributed by atoms with Gasteiger partial charge in [0.1, 0.15) is 5.75 Å². The molecule has 1 atom stereocenters. The molecule has 0 saturated carbocycles. The van der Waals surface area contributed by atoms with Crippen molar-refractivity contribution < 1.29 is 14.6 Å². The second kappa shape index (κ2) is 11.9. The number of hydrogen-bond donors (Lipinski definition) is 2. The maximum Gasteiger partial charge on any atom is 0.265 e. The van der Waals surface area contributed by atoms with Gasteiger partial charge in [-0.1, -0.05) is 90.2 Å². The van der Waals surface area contributed by atoms with Crippen molar-refractivity contribution in [1.29, 1.82) is 0 Å². The fraction of sp³-hybridized carbons (Fsp3) is 0.552. The summed E-state index contributed by atoms with van der Waals surface area (Å²) in [4.78, 5) is 13.4. The number of anilines is 1. The normalized spacial score (nSPS) is 13.0. The third-order valence-corrected chi connectivity index (χ3v) is 8.17. The maximum absolute atomic E-state index is 13.4. The van der Waals surface area contributed by atoms with E-state index < -0.39 is 6.10 Å². The van der Waals surface area contributed by atoms with Gasteiger partial charge in [-0.25, -0.2) is 0 Å². The number of rotatable bonds is 11. The molecule has 1 amide bonds. The molecule has 0 aliphatic rings. The van der Waals surface area contributed by atoms with E-state index in [9.17, 15) is 9.90 Å². The molecule has 0 aliphatic heterocycles. The van der Waals surface area contributed by atoms with Crippen LogP contribution in [0.1, 0.15) is 97.3 Å². The van der Waals surface area contributed by atoms with Crippen molar-refractivity contribution in [1.82, 2.24) is 0 Å². The van der Waals surface area contributed by atoms with E-state index in [0.29, 0.717) is 22.8 Å². The summed E-state index contributed by atoms with van der Waals surface area (Å²) in [5.41, 5.74) is 3.00. The molecule has 194 valence electrons. The number of nitrogens with one attached hydrogen (secondary N) is 1.